The minimum atomic E-state index is 0.661. The fraction of sp³-hybridized carbons (Fsp3) is 0.308. The molecule has 0 radical (unpaired) electrons. The number of nitrogen functional groups attached to an aromatic ring is 1. The molecule has 0 atom stereocenters. The van der Waals surface area contributed by atoms with Crippen molar-refractivity contribution in [3.05, 3.63) is 29.3 Å². The highest BCUT2D eigenvalue weighted by atomic mass is 32.1. The molecule has 0 saturated heterocycles. The highest BCUT2D eigenvalue weighted by Crippen LogP contribution is 2.45. The van der Waals surface area contributed by atoms with Gasteiger partial charge >= 0.3 is 0 Å². The number of hydrogen-bond donors (Lipinski definition) is 1. The predicted octanol–water partition coefficient (Wildman–Crippen LogP) is 3.28. The van der Waals surface area contributed by atoms with Crippen LogP contribution in [0, 0.1) is 0 Å². The molecule has 2 N–H and O–H groups in total. The molecule has 1 aliphatic rings. The summed E-state index contributed by atoms with van der Waals surface area (Å²) in [6.45, 7) is 0. The molecular weight excluding hydrogens is 232 g/mol. The van der Waals surface area contributed by atoms with Gasteiger partial charge in [0.05, 0.1) is 12.1 Å². The largest absolute Gasteiger partial charge is 0.497 e. The Bertz CT molecular complexity index is 529. The molecule has 1 saturated carbocycles. The van der Waals surface area contributed by atoms with Gasteiger partial charge in [0.25, 0.3) is 0 Å². The van der Waals surface area contributed by atoms with Gasteiger partial charge in [-0.05, 0) is 37.1 Å². The van der Waals surface area contributed by atoms with Crippen LogP contribution < -0.4 is 10.5 Å². The van der Waals surface area contributed by atoms with Gasteiger partial charge in [0.1, 0.15) is 16.4 Å². The van der Waals surface area contributed by atoms with Gasteiger partial charge in [-0.1, -0.05) is 0 Å². The van der Waals surface area contributed by atoms with Crippen LogP contribution in [-0.4, -0.2) is 12.1 Å². The van der Waals surface area contributed by atoms with Crippen molar-refractivity contribution < 1.29 is 4.74 Å². The molecule has 0 spiro atoms. The molecule has 0 unspecified atom stereocenters. The van der Waals surface area contributed by atoms with Crippen LogP contribution >= 0.6 is 11.3 Å². The number of methoxy groups -OCH3 is 1. The summed E-state index contributed by atoms with van der Waals surface area (Å²) >= 11 is 1.63. The van der Waals surface area contributed by atoms with Crippen LogP contribution in [0.4, 0.5) is 5.00 Å². The van der Waals surface area contributed by atoms with Gasteiger partial charge in [0.15, 0.2) is 0 Å². The zero-order valence-corrected chi connectivity index (χ0v) is 10.5. The first-order valence-corrected chi connectivity index (χ1v) is 6.50. The van der Waals surface area contributed by atoms with Crippen LogP contribution in [0.1, 0.15) is 23.8 Å². The topological polar surface area (TPSA) is 48.1 Å². The smallest absolute Gasteiger partial charge is 0.118 e. The Hall–Kier alpha value is -1.55. The third-order valence-electron chi connectivity index (χ3n) is 2.96. The molecule has 0 amide bonds. The van der Waals surface area contributed by atoms with E-state index in [2.05, 4.69) is 4.98 Å². The summed E-state index contributed by atoms with van der Waals surface area (Å²) in [4.78, 5) is 4.65. The van der Waals surface area contributed by atoms with Crippen molar-refractivity contribution in [3.63, 3.8) is 0 Å². The molecule has 1 aliphatic carbocycles. The molecule has 0 aliphatic heterocycles. The average molecular weight is 246 g/mol. The van der Waals surface area contributed by atoms with Crippen molar-refractivity contribution >= 4 is 16.3 Å². The summed E-state index contributed by atoms with van der Waals surface area (Å²) in [7, 11) is 1.66. The van der Waals surface area contributed by atoms with Crippen LogP contribution in [0.3, 0.4) is 0 Å². The number of nitrogens with two attached hydrogens (primary N) is 1. The maximum atomic E-state index is 6.03. The van der Waals surface area contributed by atoms with Gasteiger partial charge in [-0.25, -0.2) is 4.98 Å². The van der Waals surface area contributed by atoms with Crippen molar-refractivity contribution in [1.29, 1.82) is 0 Å². The number of anilines is 1. The van der Waals surface area contributed by atoms with Crippen molar-refractivity contribution in [2.45, 2.75) is 18.8 Å². The molecule has 3 rings (SSSR count). The second-order valence-electron chi connectivity index (χ2n) is 4.27. The first kappa shape index (κ1) is 10.6. The van der Waals surface area contributed by atoms with E-state index in [1.165, 1.54) is 17.8 Å². The van der Waals surface area contributed by atoms with Crippen molar-refractivity contribution in [2.75, 3.05) is 12.8 Å². The number of ether oxygens (including phenoxy) is 1. The molecule has 4 heteroatoms. The van der Waals surface area contributed by atoms with Gasteiger partial charge in [-0.15, -0.1) is 11.3 Å². The summed E-state index contributed by atoms with van der Waals surface area (Å²) in [5, 5.41) is 2.00. The predicted molar refractivity (Wildman–Crippen MR) is 70.5 cm³/mol. The second kappa shape index (κ2) is 4.04. The quantitative estimate of drug-likeness (QED) is 0.904. The minimum Gasteiger partial charge on any atom is -0.497 e. The van der Waals surface area contributed by atoms with Gasteiger partial charge in [0, 0.05) is 11.5 Å². The van der Waals surface area contributed by atoms with Crippen LogP contribution in [-0.2, 0) is 0 Å². The van der Waals surface area contributed by atoms with E-state index in [0.717, 1.165) is 22.0 Å². The lowest BCUT2D eigenvalue weighted by Crippen LogP contribution is -1.87. The van der Waals surface area contributed by atoms with Gasteiger partial charge in [-0.2, -0.15) is 0 Å². The molecule has 1 heterocycles. The van der Waals surface area contributed by atoms with Gasteiger partial charge in [-0.3, -0.25) is 0 Å². The van der Waals surface area contributed by atoms with Gasteiger partial charge in [0.2, 0.25) is 0 Å². The number of nitrogens with zero attached hydrogens (tertiary/aromatic N) is 1. The zero-order valence-electron chi connectivity index (χ0n) is 9.64. The first-order chi connectivity index (χ1) is 8.28. The highest BCUT2D eigenvalue weighted by Gasteiger charge is 2.28. The highest BCUT2D eigenvalue weighted by molar-refractivity contribution is 7.16. The van der Waals surface area contributed by atoms with E-state index in [1.54, 1.807) is 18.4 Å². The summed E-state index contributed by atoms with van der Waals surface area (Å²) in [6.07, 6.45) is 2.52. The molecule has 0 bridgehead atoms. The molecule has 1 aromatic heterocycles. The average Bonchev–Trinajstić information content (AvgIpc) is 3.13. The van der Waals surface area contributed by atoms with Crippen LogP contribution in [0.25, 0.3) is 11.3 Å². The van der Waals surface area contributed by atoms with E-state index in [4.69, 9.17) is 10.5 Å². The Morgan fingerprint density at radius 3 is 2.59 bits per heavy atom. The number of aromatic nitrogens is 1. The molecule has 3 nitrogen and oxygen atoms in total. The maximum absolute atomic E-state index is 6.03. The fourth-order valence-corrected chi connectivity index (χ4v) is 2.83. The fourth-order valence-electron chi connectivity index (χ4n) is 1.81. The summed E-state index contributed by atoms with van der Waals surface area (Å²) in [5.74, 6) is 1.51. The lowest BCUT2D eigenvalue weighted by molar-refractivity contribution is 0.415. The van der Waals surface area contributed by atoms with E-state index in [9.17, 15) is 0 Å². The van der Waals surface area contributed by atoms with Crippen molar-refractivity contribution in [1.82, 2.24) is 4.98 Å². The van der Waals surface area contributed by atoms with Crippen LogP contribution in [0.15, 0.2) is 24.3 Å². The molecular formula is C13H14N2OS. The Morgan fingerprint density at radius 2 is 2.00 bits per heavy atom. The lowest BCUT2D eigenvalue weighted by atomic mass is 10.1. The zero-order chi connectivity index (χ0) is 11.8. The molecule has 1 aromatic carbocycles. The Kier molecular flexibility index (Phi) is 2.52. The monoisotopic (exact) mass is 246 g/mol. The first-order valence-electron chi connectivity index (χ1n) is 5.68. The molecule has 88 valence electrons. The second-order valence-corrected chi connectivity index (χ2v) is 5.33. The summed E-state index contributed by atoms with van der Waals surface area (Å²) in [5.41, 5.74) is 8.01. The molecule has 17 heavy (non-hydrogen) atoms. The van der Waals surface area contributed by atoms with Crippen molar-refractivity contribution in [2.24, 2.45) is 0 Å². The third kappa shape index (κ3) is 2.00. The van der Waals surface area contributed by atoms with E-state index in [1.807, 2.05) is 24.3 Å². The molecule has 2 aromatic rings. The Morgan fingerprint density at radius 1 is 1.29 bits per heavy atom. The van der Waals surface area contributed by atoms with Gasteiger partial charge < -0.3 is 10.5 Å². The number of hydrogen-bond acceptors (Lipinski definition) is 4. The third-order valence-corrected chi connectivity index (χ3v) is 4.01. The molecule has 1 fully saturated rings. The maximum Gasteiger partial charge on any atom is 0.118 e. The van der Waals surface area contributed by atoms with E-state index in [-0.39, 0.29) is 0 Å². The van der Waals surface area contributed by atoms with E-state index < -0.39 is 0 Å². The minimum absolute atomic E-state index is 0.661. The lowest BCUT2D eigenvalue weighted by Gasteiger charge is -2.01. The Labute approximate surface area is 104 Å². The van der Waals surface area contributed by atoms with Crippen LogP contribution in [0.2, 0.25) is 0 Å². The SMILES string of the molecule is COc1ccc(-c2nc(C3CC3)sc2N)cc1. The number of benzene rings is 1. The summed E-state index contributed by atoms with van der Waals surface area (Å²) in [6, 6.07) is 7.87. The standard InChI is InChI=1S/C13H14N2OS/c1-16-10-6-4-8(5-7-10)11-12(14)17-13(15-11)9-2-3-9/h4-7,9H,2-3,14H2,1H3. The van der Waals surface area contributed by atoms with E-state index in [0.29, 0.717) is 5.92 Å². The summed E-state index contributed by atoms with van der Waals surface area (Å²) < 4.78 is 5.14. The number of thiazole rings is 1. The Balaban J connectivity index is 1.95. The number of rotatable bonds is 3. The van der Waals surface area contributed by atoms with Crippen LogP contribution in [0.5, 0.6) is 5.75 Å². The van der Waals surface area contributed by atoms with Crippen molar-refractivity contribution in [3.8, 4) is 17.0 Å². The normalized spacial score (nSPS) is 14.9. The van der Waals surface area contributed by atoms with E-state index >= 15 is 0 Å².